The van der Waals surface area contributed by atoms with Crippen molar-refractivity contribution in [2.75, 3.05) is 26.2 Å². The van der Waals surface area contributed by atoms with Crippen LogP contribution in [-0.2, 0) is 6.54 Å². The van der Waals surface area contributed by atoms with E-state index in [1.165, 1.54) is 16.7 Å². The van der Waals surface area contributed by atoms with E-state index in [2.05, 4.69) is 55.7 Å². The maximum atomic E-state index is 5.87. The van der Waals surface area contributed by atoms with E-state index in [9.17, 15) is 0 Å². The van der Waals surface area contributed by atoms with Gasteiger partial charge in [0.05, 0.1) is 10.5 Å². The zero-order valence-electron chi connectivity index (χ0n) is 13.6. The number of hydrogen-bond donors (Lipinski definition) is 1. The zero-order valence-corrected chi connectivity index (χ0v) is 14.5. The van der Waals surface area contributed by atoms with E-state index in [1.807, 2.05) is 0 Å². The van der Waals surface area contributed by atoms with E-state index in [1.54, 1.807) is 0 Å². The quantitative estimate of drug-likeness (QED) is 0.866. The summed E-state index contributed by atoms with van der Waals surface area (Å²) < 4.78 is 0. The summed E-state index contributed by atoms with van der Waals surface area (Å²) in [6, 6.07) is 6.81. The molecule has 2 rings (SSSR count). The lowest BCUT2D eigenvalue weighted by Crippen LogP contribution is -2.59. The Morgan fingerprint density at radius 2 is 1.62 bits per heavy atom. The van der Waals surface area contributed by atoms with Crippen LogP contribution in [0, 0.1) is 13.8 Å². The summed E-state index contributed by atoms with van der Waals surface area (Å²) in [7, 11) is 0. The predicted molar refractivity (Wildman–Crippen MR) is 93.6 cm³/mol. The molecule has 1 fully saturated rings. The van der Waals surface area contributed by atoms with Crippen molar-refractivity contribution in [1.29, 1.82) is 0 Å². The minimum absolute atomic E-state index is 0.179. The average molecular weight is 305 g/mol. The van der Waals surface area contributed by atoms with Gasteiger partial charge in [-0.1, -0.05) is 41.5 Å². The van der Waals surface area contributed by atoms with Gasteiger partial charge in [0, 0.05) is 32.7 Å². The van der Waals surface area contributed by atoms with Gasteiger partial charge in [0.15, 0.2) is 0 Å². The molecule has 4 heteroatoms. The van der Waals surface area contributed by atoms with Crippen LogP contribution in [0.2, 0.25) is 0 Å². The highest BCUT2D eigenvalue weighted by Crippen LogP contribution is 2.19. The summed E-state index contributed by atoms with van der Waals surface area (Å²) in [5, 5.41) is 0. The molecular formula is C17H27N3S. The van der Waals surface area contributed by atoms with Crippen molar-refractivity contribution in [2.45, 2.75) is 39.8 Å². The summed E-state index contributed by atoms with van der Waals surface area (Å²) in [4.78, 5) is 5.50. The molecule has 116 valence electrons. The van der Waals surface area contributed by atoms with Gasteiger partial charge in [-0.15, -0.1) is 0 Å². The molecule has 0 atom stereocenters. The molecule has 2 N–H and O–H groups in total. The molecule has 3 nitrogen and oxygen atoms in total. The first kappa shape index (κ1) is 16.4. The van der Waals surface area contributed by atoms with Gasteiger partial charge in [-0.05, 0) is 33.3 Å². The second-order valence-electron chi connectivity index (χ2n) is 6.68. The van der Waals surface area contributed by atoms with Crippen molar-refractivity contribution in [3.63, 3.8) is 0 Å². The molecule has 0 radical (unpaired) electrons. The topological polar surface area (TPSA) is 32.5 Å². The lowest BCUT2D eigenvalue weighted by Gasteiger charge is -2.43. The second kappa shape index (κ2) is 6.42. The summed E-state index contributed by atoms with van der Waals surface area (Å²) in [5.41, 5.74) is 9.79. The van der Waals surface area contributed by atoms with Crippen LogP contribution in [-0.4, -0.2) is 46.5 Å². The molecule has 0 amide bonds. The Morgan fingerprint density at radius 3 is 2.10 bits per heavy atom. The smallest absolute Gasteiger partial charge is 0.0928 e. The highest BCUT2D eigenvalue weighted by molar-refractivity contribution is 7.80. The first-order chi connectivity index (χ1) is 9.79. The fourth-order valence-corrected chi connectivity index (χ4v) is 3.17. The average Bonchev–Trinajstić information content (AvgIpc) is 2.37. The van der Waals surface area contributed by atoms with E-state index in [0.29, 0.717) is 4.99 Å². The highest BCUT2D eigenvalue weighted by Gasteiger charge is 2.32. The standard InChI is InChI=1S/C17H27N3S/c1-13-9-14(2)11-15(10-13)12-19-5-7-20(8-6-19)17(3,4)16(18)21/h9-11H,5-8,12H2,1-4H3,(H2,18,21). The second-order valence-corrected chi connectivity index (χ2v) is 7.12. The van der Waals surface area contributed by atoms with E-state index < -0.39 is 0 Å². The zero-order chi connectivity index (χ0) is 15.6. The van der Waals surface area contributed by atoms with Gasteiger partial charge >= 0.3 is 0 Å². The molecule has 1 aliphatic rings. The third kappa shape index (κ3) is 4.02. The van der Waals surface area contributed by atoms with Crippen LogP contribution < -0.4 is 5.73 Å². The molecule has 0 saturated carbocycles. The van der Waals surface area contributed by atoms with E-state index in [-0.39, 0.29) is 5.54 Å². The van der Waals surface area contributed by atoms with Crippen molar-refractivity contribution in [1.82, 2.24) is 9.80 Å². The monoisotopic (exact) mass is 305 g/mol. The minimum Gasteiger partial charge on any atom is -0.392 e. The van der Waals surface area contributed by atoms with Crippen molar-refractivity contribution in [2.24, 2.45) is 5.73 Å². The number of benzene rings is 1. The Morgan fingerprint density at radius 1 is 1.10 bits per heavy atom. The molecule has 1 aromatic carbocycles. The fraction of sp³-hybridized carbons (Fsp3) is 0.588. The predicted octanol–water partition coefficient (Wildman–Crippen LogP) is 2.49. The van der Waals surface area contributed by atoms with Crippen LogP contribution in [0.15, 0.2) is 18.2 Å². The molecule has 1 saturated heterocycles. The Balaban J connectivity index is 1.94. The van der Waals surface area contributed by atoms with Crippen LogP contribution in [0.3, 0.4) is 0 Å². The van der Waals surface area contributed by atoms with Gasteiger partial charge in [0.1, 0.15) is 0 Å². The first-order valence-corrected chi connectivity index (χ1v) is 8.04. The largest absolute Gasteiger partial charge is 0.392 e. The van der Waals surface area contributed by atoms with Gasteiger partial charge < -0.3 is 5.73 Å². The van der Waals surface area contributed by atoms with Crippen LogP contribution in [0.4, 0.5) is 0 Å². The Labute approximate surface area is 134 Å². The molecule has 0 unspecified atom stereocenters. The van der Waals surface area contributed by atoms with Crippen LogP contribution in [0.1, 0.15) is 30.5 Å². The van der Waals surface area contributed by atoms with Gasteiger partial charge in [-0.3, -0.25) is 9.80 Å². The molecule has 0 aromatic heterocycles. The molecule has 1 aliphatic heterocycles. The number of nitrogens with zero attached hydrogens (tertiary/aromatic N) is 2. The molecule has 0 spiro atoms. The Bertz CT molecular complexity index is 497. The number of hydrogen-bond acceptors (Lipinski definition) is 3. The third-order valence-corrected chi connectivity index (χ3v) is 4.95. The number of aryl methyl sites for hydroxylation is 2. The lowest BCUT2D eigenvalue weighted by molar-refractivity contribution is 0.0821. The maximum Gasteiger partial charge on any atom is 0.0928 e. The third-order valence-electron chi connectivity index (χ3n) is 4.45. The van der Waals surface area contributed by atoms with Gasteiger partial charge in [0.2, 0.25) is 0 Å². The molecule has 0 aliphatic carbocycles. The Kier molecular flexibility index (Phi) is 5.02. The number of piperazine rings is 1. The summed E-state index contributed by atoms with van der Waals surface area (Å²) in [6.45, 7) is 13.8. The van der Waals surface area contributed by atoms with E-state index in [4.69, 9.17) is 18.0 Å². The summed E-state index contributed by atoms with van der Waals surface area (Å²) in [5.74, 6) is 0. The molecule has 21 heavy (non-hydrogen) atoms. The highest BCUT2D eigenvalue weighted by atomic mass is 32.1. The minimum atomic E-state index is -0.179. The van der Waals surface area contributed by atoms with Crippen LogP contribution in [0.5, 0.6) is 0 Å². The van der Waals surface area contributed by atoms with Crippen LogP contribution in [0.25, 0.3) is 0 Å². The van der Waals surface area contributed by atoms with Gasteiger partial charge in [0.25, 0.3) is 0 Å². The van der Waals surface area contributed by atoms with Crippen molar-refractivity contribution >= 4 is 17.2 Å². The van der Waals surface area contributed by atoms with Crippen LogP contribution >= 0.6 is 12.2 Å². The normalized spacial score (nSPS) is 17.9. The number of nitrogens with two attached hydrogens (primary N) is 1. The lowest BCUT2D eigenvalue weighted by atomic mass is 10.0. The molecule has 1 aromatic rings. The van der Waals surface area contributed by atoms with Crippen molar-refractivity contribution < 1.29 is 0 Å². The van der Waals surface area contributed by atoms with E-state index in [0.717, 1.165) is 32.7 Å². The van der Waals surface area contributed by atoms with Crippen molar-refractivity contribution in [3.05, 3.63) is 34.9 Å². The SMILES string of the molecule is Cc1cc(C)cc(CN2CCN(C(C)(C)C(N)=S)CC2)c1. The molecule has 0 bridgehead atoms. The molecular weight excluding hydrogens is 278 g/mol. The summed E-state index contributed by atoms with van der Waals surface area (Å²) in [6.07, 6.45) is 0. The fourth-order valence-electron chi connectivity index (χ4n) is 3.04. The number of rotatable bonds is 4. The van der Waals surface area contributed by atoms with Crippen molar-refractivity contribution in [3.8, 4) is 0 Å². The number of thiocarbonyl (C=S) groups is 1. The van der Waals surface area contributed by atoms with E-state index >= 15 is 0 Å². The first-order valence-electron chi connectivity index (χ1n) is 7.63. The summed E-state index contributed by atoms with van der Waals surface area (Å²) >= 11 is 5.20. The Hall–Kier alpha value is -0.970. The maximum absolute atomic E-state index is 5.87. The molecule has 1 heterocycles. The van der Waals surface area contributed by atoms with Gasteiger partial charge in [-0.2, -0.15) is 0 Å². The van der Waals surface area contributed by atoms with Gasteiger partial charge in [-0.25, -0.2) is 0 Å².